The van der Waals surface area contributed by atoms with Gasteiger partial charge >= 0.3 is 6.61 Å². The SMILES string of the molecule is CC(O)c1ccc2ccccc2c1OC(F)F. The fraction of sp³-hybridized carbons (Fsp3) is 0.231. The highest BCUT2D eigenvalue weighted by Crippen LogP contribution is 2.34. The Bertz CT molecular complexity index is 524. The van der Waals surface area contributed by atoms with E-state index in [0.717, 1.165) is 5.39 Å². The average Bonchev–Trinajstić information content (AvgIpc) is 2.28. The van der Waals surface area contributed by atoms with Gasteiger partial charge in [-0.15, -0.1) is 0 Å². The molecule has 1 unspecified atom stereocenters. The maximum atomic E-state index is 12.4. The first-order chi connectivity index (χ1) is 8.09. The first-order valence-corrected chi connectivity index (χ1v) is 5.24. The second-order valence-electron chi connectivity index (χ2n) is 3.76. The summed E-state index contributed by atoms with van der Waals surface area (Å²) in [7, 11) is 0. The molecule has 2 nitrogen and oxygen atoms in total. The second kappa shape index (κ2) is 4.67. The second-order valence-corrected chi connectivity index (χ2v) is 3.76. The number of hydrogen-bond acceptors (Lipinski definition) is 2. The minimum absolute atomic E-state index is 0.0492. The molecule has 0 aliphatic carbocycles. The predicted molar refractivity (Wildman–Crippen MR) is 61.2 cm³/mol. The van der Waals surface area contributed by atoms with Crippen LogP contribution < -0.4 is 4.74 Å². The average molecular weight is 238 g/mol. The number of benzene rings is 2. The number of hydrogen-bond donors (Lipinski definition) is 1. The third kappa shape index (κ3) is 2.36. The molecule has 90 valence electrons. The van der Waals surface area contributed by atoms with Gasteiger partial charge in [0.1, 0.15) is 5.75 Å². The number of aliphatic hydroxyl groups excluding tert-OH is 1. The molecule has 2 aromatic rings. The fourth-order valence-corrected chi connectivity index (χ4v) is 1.81. The van der Waals surface area contributed by atoms with Gasteiger partial charge in [0.2, 0.25) is 0 Å². The smallest absolute Gasteiger partial charge is 0.387 e. The summed E-state index contributed by atoms with van der Waals surface area (Å²) < 4.78 is 29.3. The maximum Gasteiger partial charge on any atom is 0.387 e. The van der Waals surface area contributed by atoms with Crippen molar-refractivity contribution < 1.29 is 18.6 Å². The third-order valence-electron chi connectivity index (χ3n) is 2.57. The van der Waals surface area contributed by atoms with Crippen molar-refractivity contribution in [1.82, 2.24) is 0 Å². The van der Waals surface area contributed by atoms with Crippen LogP contribution >= 0.6 is 0 Å². The lowest BCUT2D eigenvalue weighted by Crippen LogP contribution is -2.06. The summed E-state index contributed by atoms with van der Waals surface area (Å²) in [5.74, 6) is 0.0492. The Morgan fingerprint density at radius 3 is 2.47 bits per heavy atom. The summed E-state index contributed by atoms with van der Waals surface area (Å²) in [5, 5.41) is 10.9. The Kier molecular flexibility index (Phi) is 3.24. The van der Waals surface area contributed by atoms with Crippen molar-refractivity contribution in [1.29, 1.82) is 0 Å². The molecule has 2 rings (SSSR count). The van der Waals surface area contributed by atoms with E-state index in [9.17, 15) is 13.9 Å². The first-order valence-electron chi connectivity index (χ1n) is 5.24. The largest absolute Gasteiger partial charge is 0.434 e. The van der Waals surface area contributed by atoms with Crippen LogP contribution in [0.5, 0.6) is 5.75 Å². The van der Waals surface area contributed by atoms with Crippen molar-refractivity contribution in [2.24, 2.45) is 0 Å². The lowest BCUT2D eigenvalue weighted by atomic mass is 10.0. The molecule has 0 fully saturated rings. The van der Waals surface area contributed by atoms with Gasteiger partial charge in [0.15, 0.2) is 0 Å². The maximum absolute atomic E-state index is 12.4. The monoisotopic (exact) mass is 238 g/mol. The van der Waals surface area contributed by atoms with Crippen LogP contribution in [-0.2, 0) is 0 Å². The van der Waals surface area contributed by atoms with Gasteiger partial charge in [-0.2, -0.15) is 8.78 Å². The molecular weight excluding hydrogens is 226 g/mol. The Balaban J connectivity index is 2.66. The molecule has 0 saturated carbocycles. The molecule has 1 N–H and O–H groups in total. The normalized spacial score (nSPS) is 13.0. The summed E-state index contributed by atoms with van der Waals surface area (Å²) in [5.41, 5.74) is 0.365. The Morgan fingerprint density at radius 1 is 1.12 bits per heavy atom. The van der Waals surface area contributed by atoms with Crippen LogP contribution in [0.3, 0.4) is 0 Å². The van der Waals surface area contributed by atoms with Gasteiger partial charge in [0.25, 0.3) is 0 Å². The van der Waals surface area contributed by atoms with E-state index in [2.05, 4.69) is 4.74 Å². The molecule has 17 heavy (non-hydrogen) atoms. The quantitative estimate of drug-likeness (QED) is 0.886. The van der Waals surface area contributed by atoms with E-state index in [1.54, 1.807) is 30.3 Å². The Labute approximate surface area is 97.4 Å². The van der Waals surface area contributed by atoms with Gasteiger partial charge < -0.3 is 9.84 Å². The number of ether oxygens (including phenoxy) is 1. The van der Waals surface area contributed by atoms with E-state index in [4.69, 9.17) is 0 Å². The molecular formula is C13H12F2O2. The molecule has 0 spiro atoms. The predicted octanol–water partition coefficient (Wildman–Crippen LogP) is 3.49. The van der Waals surface area contributed by atoms with Crippen LogP contribution in [0.1, 0.15) is 18.6 Å². The van der Waals surface area contributed by atoms with Gasteiger partial charge in [0, 0.05) is 10.9 Å². The van der Waals surface area contributed by atoms with Crippen LogP contribution in [0.25, 0.3) is 10.8 Å². The van der Waals surface area contributed by atoms with Crippen molar-refractivity contribution in [2.45, 2.75) is 19.6 Å². The third-order valence-corrected chi connectivity index (χ3v) is 2.57. The van der Waals surface area contributed by atoms with Gasteiger partial charge in [0.05, 0.1) is 6.10 Å². The molecule has 1 atom stereocenters. The number of halogens is 2. The van der Waals surface area contributed by atoms with Crippen LogP contribution in [-0.4, -0.2) is 11.7 Å². The zero-order valence-electron chi connectivity index (χ0n) is 9.23. The lowest BCUT2D eigenvalue weighted by Gasteiger charge is -2.15. The zero-order chi connectivity index (χ0) is 12.4. The number of aliphatic hydroxyl groups is 1. The van der Waals surface area contributed by atoms with E-state index < -0.39 is 12.7 Å². The summed E-state index contributed by atoms with van der Waals surface area (Å²) >= 11 is 0. The molecule has 0 aliphatic heterocycles. The van der Waals surface area contributed by atoms with Crippen LogP contribution in [0.2, 0.25) is 0 Å². The van der Waals surface area contributed by atoms with Gasteiger partial charge in [-0.05, 0) is 12.3 Å². The summed E-state index contributed by atoms with van der Waals surface area (Å²) in [4.78, 5) is 0. The summed E-state index contributed by atoms with van der Waals surface area (Å²) in [6, 6.07) is 10.4. The molecule has 0 saturated heterocycles. The minimum atomic E-state index is -2.90. The van der Waals surface area contributed by atoms with Crippen molar-refractivity contribution in [3.63, 3.8) is 0 Å². The van der Waals surface area contributed by atoms with Crippen molar-refractivity contribution >= 4 is 10.8 Å². The van der Waals surface area contributed by atoms with Crippen molar-refractivity contribution in [3.05, 3.63) is 42.0 Å². The topological polar surface area (TPSA) is 29.5 Å². The molecule has 0 aromatic heterocycles. The highest BCUT2D eigenvalue weighted by molar-refractivity contribution is 5.89. The van der Waals surface area contributed by atoms with E-state index in [-0.39, 0.29) is 5.75 Å². The van der Waals surface area contributed by atoms with Crippen LogP contribution in [0, 0.1) is 0 Å². The molecule has 0 bridgehead atoms. The molecule has 0 radical (unpaired) electrons. The number of rotatable bonds is 3. The molecule has 0 amide bonds. The fourth-order valence-electron chi connectivity index (χ4n) is 1.81. The van der Waals surface area contributed by atoms with Gasteiger partial charge in [-0.25, -0.2) is 0 Å². The summed E-state index contributed by atoms with van der Waals surface area (Å²) in [6.45, 7) is -1.39. The van der Waals surface area contributed by atoms with Crippen molar-refractivity contribution in [3.8, 4) is 5.75 Å². The van der Waals surface area contributed by atoms with Crippen LogP contribution in [0.15, 0.2) is 36.4 Å². The van der Waals surface area contributed by atoms with E-state index in [0.29, 0.717) is 10.9 Å². The zero-order valence-corrected chi connectivity index (χ0v) is 9.23. The first kappa shape index (κ1) is 11.8. The lowest BCUT2D eigenvalue weighted by molar-refractivity contribution is -0.0503. The highest BCUT2D eigenvalue weighted by Gasteiger charge is 2.16. The number of fused-ring (bicyclic) bond motifs is 1. The molecule has 4 heteroatoms. The van der Waals surface area contributed by atoms with E-state index in [1.807, 2.05) is 6.07 Å². The van der Waals surface area contributed by atoms with E-state index in [1.165, 1.54) is 6.92 Å². The minimum Gasteiger partial charge on any atom is -0.434 e. The van der Waals surface area contributed by atoms with Gasteiger partial charge in [-0.3, -0.25) is 0 Å². The molecule has 2 aromatic carbocycles. The molecule has 0 aliphatic rings. The van der Waals surface area contributed by atoms with Crippen molar-refractivity contribution in [2.75, 3.05) is 0 Å². The molecule has 0 heterocycles. The number of alkyl halides is 2. The van der Waals surface area contributed by atoms with Crippen LogP contribution in [0.4, 0.5) is 8.78 Å². The van der Waals surface area contributed by atoms with E-state index >= 15 is 0 Å². The Morgan fingerprint density at radius 2 is 1.82 bits per heavy atom. The highest BCUT2D eigenvalue weighted by atomic mass is 19.3. The summed E-state index contributed by atoms with van der Waals surface area (Å²) in [6.07, 6.45) is -0.853. The van der Waals surface area contributed by atoms with Gasteiger partial charge in [-0.1, -0.05) is 36.4 Å². The Hall–Kier alpha value is -1.68. The standard InChI is InChI=1S/C13H12F2O2/c1-8(16)10-7-6-9-4-2-3-5-11(9)12(10)17-13(14)15/h2-8,13,16H,1H3.